The zero-order chi connectivity index (χ0) is 11.5. The molecule has 5 nitrogen and oxygen atoms in total. The molecule has 2 N–H and O–H groups in total. The third-order valence-electron chi connectivity index (χ3n) is 1.46. The molecule has 0 aromatic carbocycles. The Morgan fingerprint density at radius 2 is 2.27 bits per heavy atom. The molecule has 0 aliphatic carbocycles. The number of rotatable bonds is 4. The summed E-state index contributed by atoms with van der Waals surface area (Å²) < 4.78 is 41.1. The summed E-state index contributed by atoms with van der Waals surface area (Å²) in [5, 5.41) is 8.20. The second-order valence-corrected chi connectivity index (χ2v) is 2.61. The summed E-state index contributed by atoms with van der Waals surface area (Å²) in [5.74, 6) is -1.25. The fourth-order valence-electron chi connectivity index (χ4n) is 0.916. The number of aliphatic carboxylic acids is 1. The maximum absolute atomic E-state index is 12.2. The van der Waals surface area contributed by atoms with E-state index in [4.69, 9.17) is 5.11 Å². The molecular formula is C7H7F3N2O3. The van der Waals surface area contributed by atoms with E-state index in [1.807, 2.05) is 0 Å². The van der Waals surface area contributed by atoms with Crippen LogP contribution in [0.15, 0.2) is 6.33 Å². The number of aromatic amines is 1. The van der Waals surface area contributed by atoms with Gasteiger partial charge in [0.15, 0.2) is 5.69 Å². The van der Waals surface area contributed by atoms with E-state index in [1.54, 1.807) is 0 Å². The summed E-state index contributed by atoms with van der Waals surface area (Å²) >= 11 is 0. The first-order valence-corrected chi connectivity index (χ1v) is 3.80. The molecule has 0 amide bonds. The van der Waals surface area contributed by atoms with Crippen LogP contribution in [-0.4, -0.2) is 27.7 Å². The van der Waals surface area contributed by atoms with Gasteiger partial charge in [-0.05, 0) is 0 Å². The van der Waals surface area contributed by atoms with Crippen molar-refractivity contribution in [2.45, 2.75) is 12.8 Å². The Bertz CT molecular complexity index is 347. The number of carboxylic acid groups (broad SMARTS) is 1. The average molecular weight is 224 g/mol. The number of imidazole rings is 1. The number of hydrogen-bond acceptors (Lipinski definition) is 3. The van der Waals surface area contributed by atoms with Gasteiger partial charge >= 0.3 is 12.1 Å². The van der Waals surface area contributed by atoms with Crippen molar-refractivity contribution < 1.29 is 27.8 Å². The Balaban J connectivity index is 2.62. The summed E-state index contributed by atoms with van der Waals surface area (Å²) in [5.41, 5.74) is -1.38. The average Bonchev–Trinajstić information content (AvgIpc) is 2.50. The molecule has 0 saturated carbocycles. The zero-order valence-corrected chi connectivity index (χ0v) is 7.34. The lowest BCUT2D eigenvalue weighted by molar-refractivity contribution is -0.144. The topological polar surface area (TPSA) is 75.2 Å². The van der Waals surface area contributed by atoms with Crippen LogP contribution in [-0.2, 0) is 22.3 Å². The van der Waals surface area contributed by atoms with Gasteiger partial charge in [-0.2, -0.15) is 13.2 Å². The van der Waals surface area contributed by atoms with Crippen molar-refractivity contribution in [1.82, 2.24) is 9.97 Å². The number of ether oxygens (including phenoxy) is 1. The highest BCUT2D eigenvalue weighted by molar-refractivity contribution is 5.67. The Hall–Kier alpha value is -1.57. The molecule has 1 aromatic heterocycles. The SMILES string of the molecule is O=C(O)COCc1[nH]cnc1C(F)(F)F. The number of aromatic nitrogens is 2. The van der Waals surface area contributed by atoms with Gasteiger partial charge in [-0.15, -0.1) is 0 Å². The number of nitrogens with one attached hydrogen (secondary N) is 1. The van der Waals surface area contributed by atoms with Crippen LogP contribution in [0.4, 0.5) is 13.2 Å². The van der Waals surface area contributed by atoms with Gasteiger partial charge in [0, 0.05) is 0 Å². The number of alkyl halides is 3. The highest BCUT2D eigenvalue weighted by Crippen LogP contribution is 2.29. The van der Waals surface area contributed by atoms with Crippen molar-refractivity contribution in [2.24, 2.45) is 0 Å². The fourth-order valence-corrected chi connectivity index (χ4v) is 0.916. The summed E-state index contributed by atoms with van der Waals surface area (Å²) in [4.78, 5) is 15.4. The lowest BCUT2D eigenvalue weighted by atomic mass is 10.3. The van der Waals surface area contributed by atoms with Crippen molar-refractivity contribution in [2.75, 3.05) is 6.61 Å². The molecule has 0 aliphatic rings. The van der Waals surface area contributed by atoms with Crippen LogP contribution in [0.25, 0.3) is 0 Å². The predicted octanol–water partition coefficient (Wildman–Crippen LogP) is 1.03. The molecule has 0 radical (unpaired) electrons. The fraction of sp³-hybridized carbons (Fsp3) is 0.429. The van der Waals surface area contributed by atoms with Crippen molar-refractivity contribution in [1.29, 1.82) is 0 Å². The summed E-state index contributed by atoms with van der Waals surface area (Å²) in [6.45, 7) is -1.13. The van der Waals surface area contributed by atoms with Gasteiger partial charge in [-0.3, -0.25) is 0 Å². The minimum Gasteiger partial charge on any atom is -0.480 e. The zero-order valence-electron chi connectivity index (χ0n) is 7.34. The maximum Gasteiger partial charge on any atom is 0.435 e. The van der Waals surface area contributed by atoms with E-state index in [-0.39, 0.29) is 5.69 Å². The van der Waals surface area contributed by atoms with Crippen molar-refractivity contribution in [3.8, 4) is 0 Å². The van der Waals surface area contributed by atoms with Crippen molar-refractivity contribution in [3.05, 3.63) is 17.7 Å². The van der Waals surface area contributed by atoms with Gasteiger partial charge in [0.2, 0.25) is 0 Å². The number of hydrogen-bond donors (Lipinski definition) is 2. The van der Waals surface area contributed by atoms with Crippen LogP contribution in [0.3, 0.4) is 0 Å². The van der Waals surface area contributed by atoms with Gasteiger partial charge in [0.1, 0.15) is 6.61 Å². The Morgan fingerprint density at radius 3 is 2.80 bits per heavy atom. The highest BCUT2D eigenvalue weighted by atomic mass is 19.4. The van der Waals surface area contributed by atoms with Gasteiger partial charge in [0.05, 0.1) is 18.6 Å². The largest absolute Gasteiger partial charge is 0.480 e. The number of H-pyrrole nitrogens is 1. The van der Waals surface area contributed by atoms with E-state index in [2.05, 4.69) is 14.7 Å². The van der Waals surface area contributed by atoms with Crippen LogP contribution < -0.4 is 0 Å². The third kappa shape index (κ3) is 3.24. The molecule has 8 heteroatoms. The molecule has 0 atom stereocenters. The molecule has 0 spiro atoms. The van der Waals surface area contributed by atoms with E-state index < -0.39 is 31.1 Å². The van der Waals surface area contributed by atoms with E-state index in [9.17, 15) is 18.0 Å². The summed E-state index contributed by atoms with van der Waals surface area (Å²) in [6.07, 6.45) is -3.69. The second-order valence-electron chi connectivity index (χ2n) is 2.61. The molecule has 0 bridgehead atoms. The molecule has 84 valence electrons. The lowest BCUT2D eigenvalue weighted by Crippen LogP contribution is -2.12. The smallest absolute Gasteiger partial charge is 0.435 e. The first-order chi connectivity index (χ1) is 6.91. The van der Waals surface area contributed by atoms with E-state index in [0.717, 1.165) is 6.33 Å². The minimum atomic E-state index is -4.57. The molecular weight excluding hydrogens is 217 g/mol. The van der Waals surface area contributed by atoms with Gasteiger partial charge in [-0.25, -0.2) is 9.78 Å². The van der Waals surface area contributed by atoms with Crippen molar-refractivity contribution >= 4 is 5.97 Å². The normalized spacial score (nSPS) is 11.7. The van der Waals surface area contributed by atoms with Gasteiger partial charge in [0.25, 0.3) is 0 Å². The molecule has 15 heavy (non-hydrogen) atoms. The minimum absolute atomic E-state index is 0.288. The van der Waals surface area contributed by atoms with Crippen LogP contribution in [0, 0.1) is 0 Å². The van der Waals surface area contributed by atoms with Crippen molar-refractivity contribution in [3.63, 3.8) is 0 Å². The molecule has 0 aliphatic heterocycles. The first kappa shape index (κ1) is 11.5. The second kappa shape index (κ2) is 4.30. The maximum atomic E-state index is 12.2. The van der Waals surface area contributed by atoms with E-state index in [1.165, 1.54) is 0 Å². The molecule has 0 unspecified atom stereocenters. The van der Waals surface area contributed by atoms with E-state index in [0.29, 0.717) is 0 Å². The molecule has 1 aromatic rings. The number of nitrogens with zero attached hydrogens (tertiary/aromatic N) is 1. The number of carboxylic acids is 1. The third-order valence-corrected chi connectivity index (χ3v) is 1.46. The Labute approximate surface area is 81.9 Å². The Morgan fingerprint density at radius 1 is 1.60 bits per heavy atom. The van der Waals surface area contributed by atoms with Crippen LogP contribution in [0.5, 0.6) is 0 Å². The monoisotopic (exact) mass is 224 g/mol. The first-order valence-electron chi connectivity index (χ1n) is 3.80. The van der Waals surface area contributed by atoms with Gasteiger partial charge in [-0.1, -0.05) is 0 Å². The summed E-state index contributed by atoms with van der Waals surface area (Å²) in [7, 11) is 0. The number of carbonyl (C=O) groups is 1. The predicted molar refractivity (Wildman–Crippen MR) is 40.9 cm³/mol. The van der Waals surface area contributed by atoms with E-state index >= 15 is 0 Å². The lowest BCUT2D eigenvalue weighted by Gasteiger charge is -2.05. The highest BCUT2D eigenvalue weighted by Gasteiger charge is 2.36. The van der Waals surface area contributed by atoms with Crippen LogP contribution in [0.2, 0.25) is 0 Å². The van der Waals surface area contributed by atoms with Crippen LogP contribution in [0.1, 0.15) is 11.4 Å². The summed E-state index contributed by atoms with van der Waals surface area (Å²) in [6, 6.07) is 0. The quantitative estimate of drug-likeness (QED) is 0.800. The molecule has 1 rings (SSSR count). The standard InChI is InChI=1S/C7H7F3N2O3/c8-7(9,10)6-4(11-3-12-6)1-15-2-5(13)14/h3H,1-2H2,(H,11,12)(H,13,14). The van der Waals surface area contributed by atoms with Crippen LogP contribution >= 0.6 is 0 Å². The van der Waals surface area contributed by atoms with Gasteiger partial charge < -0.3 is 14.8 Å². The molecule has 0 fully saturated rings. The number of halogens is 3. The molecule has 0 saturated heterocycles. The Kier molecular flexibility index (Phi) is 3.30. The molecule has 1 heterocycles.